The van der Waals surface area contributed by atoms with E-state index in [1.54, 1.807) is 18.2 Å². The number of halogens is 2. The molecule has 0 aliphatic rings. The van der Waals surface area contributed by atoms with E-state index in [-0.39, 0.29) is 5.56 Å². The Morgan fingerprint density at radius 3 is 2.52 bits per heavy atom. The average Bonchev–Trinajstić information content (AvgIpc) is 2.38. The van der Waals surface area contributed by atoms with Crippen LogP contribution in [0.25, 0.3) is 0 Å². The summed E-state index contributed by atoms with van der Waals surface area (Å²) in [5.74, 6) is -2.77. The summed E-state index contributed by atoms with van der Waals surface area (Å²) in [6.07, 6.45) is 0. The fraction of sp³-hybridized carbons (Fsp3) is 0.0714. The Morgan fingerprint density at radius 2 is 1.90 bits per heavy atom. The number of hydrogen-bond acceptors (Lipinski definition) is 3. The molecule has 0 saturated carbocycles. The Hall–Kier alpha value is -1.92. The summed E-state index contributed by atoms with van der Waals surface area (Å²) in [7, 11) is -4.01. The molecule has 0 aromatic heterocycles. The number of carbonyl (C=O) groups is 1. The van der Waals surface area contributed by atoms with Crippen molar-refractivity contribution in [1.29, 1.82) is 0 Å². The van der Waals surface area contributed by atoms with E-state index in [0.717, 1.165) is 18.2 Å². The molecule has 0 fully saturated rings. The van der Waals surface area contributed by atoms with Gasteiger partial charge in [-0.3, -0.25) is 0 Å². The van der Waals surface area contributed by atoms with Crippen molar-refractivity contribution < 1.29 is 22.7 Å². The minimum absolute atomic E-state index is 0.291. The molecule has 0 bridgehead atoms. The van der Waals surface area contributed by atoms with Crippen LogP contribution in [-0.2, 0) is 15.6 Å². The molecule has 2 rings (SSSR count). The molecule has 0 radical (unpaired) electrons. The van der Waals surface area contributed by atoms with Gasteiger partial charge < -0.3 is 5.11 Å². The number of carboxylic acids is 1. The molecule has 110 valence electrons. The van der Waals surface area contributed by atoms with Gasteiger partial charge in [-0.05, 0) is 35.9 Å². The highest BCUT2D eigenvalue weighted by Gasteiger charge is 2.21. The van der Waals surface area contributed by atoms with Gasteiger partial charge in [0.25, 0.3) is 0 Å². The van der Waals surface area contributed by atoms with Crippen LogP contribution in [0.5, 0.6) is 0 Å². The lowest BCUT2D eigenvalue weighted by molar-refractivity contribution is 0.0696. The predicted octanol–water partition coefficient (Wildman–Crippen LogP) is 3.15. The number of rotatable bonds is 4. The molecular formula is C14H10ClFO4S. The Morgan fingerprint density at radius 1 is 1.19 bits per heavy atom. The quantitative estimate of drug-likeness (QED) is 0.935. The Kier molecular flexibility index (Phi) is 4.29. The van der Waals surface area contributed by atoms with E-state index in [0.29, 0.717) is 10.6 Å². The lowest BCUT2D eigenvalue weighted by Gasteiger charge is -2.07. The molecule has 0 aliphatic heterocycles. The van der Waals surface area contributed by atoms with E-state index in [1.807, 2.05) is 0 Å². The molecule has 0 amide bonds. The molecule has 0 aliphatic carbocycles. The second-order valence-electron chi connectivity index (χ2n) is 4.34. The second-order valence-corrected chi connectivity index (χ2v) is 6.73. The Bertz CT molecular complexity index is 802. The van der Waals surface area contributed by atoms with Gasteiger partial charge in [0.05, 0.1) is 11.3 Å². The van der Waals surface area contributed by atoms with E-state index in [2.05, 4.69) is 0 Å². The highest BCUT2D eigenvalue weighted by Crippen LogP contribution is 2.22. The zero-order chi connectivity index (χ0) is 15.6. The van der Waals surface area contributed by atoms with Crippen molar-refractivity contribution >= 4 is 27.4 Å². The first kappa shape index (κ1) is 15.5. The van der Waals surface area contributed by atoms with Crippen molar-refractivity contribution in [3.8, 4) is 0 Å². The Balaban J connectivity index is 2.44. The molecule has 4 nitrogen and oxygen atoms in total. The summed E-state index contributed by atoms with van der Waals surface area (Å²) in [4.78, 5) is 10.2. The summed E-state index contributed by atoms with van der Waals surface area (Å²) >= 11 is 5.77. The van der Waals surface area contributed by atoms with Crippen molar-refractivity contribution in [2.45, 2.75) is 10.6 Å². The SMILES string of the molecule is O=C(O)c1ccc(F)c(S(=O)(=O)Cc2cccc(Cl)c2)c1. The van der Waals surface area contributed by atoms with Gasteiger partial charge in [-0.1, -0.05) is 23.7 Å². The first-order valence-corrected chi connectivity index (χ1v) is 7.83. The van der Waals surface area contributed by atoms with Crippen LogP contribution < -0.4 is 0 Å². The first-order chi connectivity index (χ1) is 9.79. The molecular weight excluding hydrogens is 319 g/mol. The van der Waals surface area contributed by atoms with Gasteiger partial charge >= 0.3 is 5.97 Å². The van der Waals surface area contributed by atoms with Crippen molar-refractivity contribution in [2.75, 3.05) is 0 Å². The minimum atomic E-state index is -4.01. The molecule has 0 unspecified atom stereocenters. The highest BCUT2D eigenvalue weighted by atomic mass is 35.5. The van der Waals surface area contributed by atoms with Gasteiger partial charge in [0.15, 0.2) is 9.84 Å². The molecule has 0 saturated heterocycles. The van der Waals surface area contributed by atoms with Crippen LogP contribution >= 0.6 is 11.6 Å². The number of aromatic carboxylic acids is 1. The van der Waals surface area contributed by atoms with E-state index in [1.165, 1.54) is 6.07 Å². The monoisotopic (exact) mass is 328 g/mol. The lowest BCUT2D eigenvalue weighted by Crippen LogP contribution is -2.09. The smallest absolute Gasteiger partial charge is 0.335 e. The van der Waals surface area contributed by atoms with Gasteiger partial charge in [0.1, 0.15) is 10.7 Å². The molecule has 0 atom stereocenters. The fourth-order valence-corrected chi connectivity index (χ4v) is 3.46. The third kappa shape index (κ3) is 3.59. The van der Waals surface area contributed by atoms with Gasteiger partial charge in [-0.25, -0.2) is 17.6 Å². The predicted molar refractivity (Wildman–Crippen MR) is 75.7 cm³/mol. The molecule has 21 heavy (non-hydrogen) atoms. The molecule has 1 N–H and O–H groups in total. The summed E-state index contributed by atoms with van der Waals surface area (Å²) in [6, 6.07) is 8.82. The molecule has 0 spiro atoms. The van der Waals surface area contributed by atoms with Crippen LogP contribution in [0.4, 0.5) is 4.39 Å². The van der Waals surface area contributed by atoms with Crippen LogP contribution in [0, 0.1) is 5.82 Å². The average molecular weight is 329 g/mol. The molecule has 7 heteroatoms. The van der Waals surface area contributed by atoms with Gasteiger partial charge in [-0.2, -0.15) is 0 Å². The van der Waals surface area contributed by atoms with Crippen molar-refractivity contribution in [2.24, 2.45) is 0 Å². The minimum Gasteiger partial charge on any atom is -0.478 e. The van der Waals surface area contributed by atoms with E-state index in [4.69, 9.17) is 16.7 Å². The maximum atomic E-state index is 13.7. The Labute approximate surface area is 125 Å². The molecule has 0 heterocycles. The third-order valence-corrected chi connectivity index (χ3v) is 4.69. The number of hydrogen-bond donors (Lipinski definition) is 1. The highest BCUT2D eigenvalue weighted by molar-refractivity contribution is 7.90. The first-order valence-electron chi connectivity index (χ1n) is 5.79. The van der Waals surface area contributed by atoms with Crippen LogP contribution in [-0.4, -0.2) is 19.5 Å². The summed E-state index contributed by atoms with van der Waals surface area (Å²) in [5, 5.41) is 9.22. The molecule has 2 aromatic carbocycles. The van der Waals surface area contributed by atoms with Gasteiger partial charge in [0, 0.05) is 5.02 Å². The van der Waals surface area contributed by atoms with Crippen LogP contribution in [0.3, 0.4) is 0 Å². The lowest BCUT2D eigenvalue weighted by atomic mass is 10.2. The molecule has 2 aromatic rings. The van der Waals surface area contributed by atoms with Gasteiger partial charge in [-0.15, -0.1) is 0 Å². The van der Waals surface area contributed by atoms with Crippen LogP contribution in [0.15, 0.2) is 47.4 Å². The van der Waals surface area contributed by atoms with Crippen molar-refractivity contribution in [3.63, 3.8) is 0 Å². The van der Waals surface area contributed by atoms with Crippen molar-refractivity contribution in [1.82, 2.24) is 0 Å². The standard InChI is InChI=1S/C14H10ClFO4S/c15-11-3-1-2-9(6-11)8-21(19,20)13-7-10(14(17)18)4-5-12(13)16/h1-7H,8H2,(H,17,18). The zero-order valence-electron chi connectivity index (χ0n) is 10.6. The fourth-order valence-electron chi connectivity index (χ4n) is 1.80. The second kappa shape index (κ2) is 5.83. The van der Waals surface area contributed by atoms with E-state index < -0.39 is 32.3 Å². The van der Waals surface area contributed by atoms with Crippen molar-refractivity contribution in [3.05, 3.63) is 64.4 Å². The van der Waals surface area contributed by atoms with Gasteiger partial charge in [0.2, 0.25) is 0 Å². The maximum Gasteiger partial charge on any atom is 0.335 e. The van der Waals surface area contributed by atoms with Crippen LogP contribution in [0.2, 0.25) is 5.02 Å². The normalized spacial score (nSPS) is 11.3. The summed E-state index contributed by atoms with van der Waals surface area (Å²) in [5.41, 5.74) is 0.101. The summed E-state index contributed by atoms with van der Waals surface area (Å²) in [6.45, 7) is 0. The number of carboxylic acid groups (broad SMARTS) is 1. The largest absolute Gasteiger partial charge is 0.478 e. The third-order valence-electron chi connectivity index (χ3n) is 2.76. The van der Waals surface area contributed by atoms with E-state index >= 15 is 0 Å². The topological polar surface area (TPSA) is 71.4 Å². The van der Waals surface area contributed by atoms with Crippen LogP contribution in [0.1, 0.15) is 15.9 Å². The number of sulfone groups is 1. The zero-order valence-corrected chi connectivity index (χ0v) is 12.2. The maximum absolute atomic E-state index is 13.7. The summed E-state index contributed by atoms with van der Waals surface area (Å²) < 4.78 is 38.2. The number of benzene rings is 2. The van der Waals surface area contributed by atoms with E-state index in [9.17, 15) is 17.6 Å².